The molecular formula is C18H16N2O3S2. The van der Waals surface area contributed by atoms with E-state index in [0.717, 1.165) is 37.3 Å². The van der Waals surface area contributed by atoms with Gasteiger partial charge in [-0.3, -0.25) is 4.79 Å². The number of hydrogen-bond donors (Lipinski definition) is 1. The van der Waals surface area contributed by atoms with Crippen LogP contribution in [-0.4, -0.2) is 23.9 Å². The van der Waals surface area contributed by atoms with Crippen LogP contribution in [0.15, 0.2) is 40.7 Å². The van der Waals surface area contributed by atoms with Crippen LogP contribution in [0.1, 0.15) is 12.0 Å². The molecule has 0 aliphatic carbocycles. The molecule has 1 aliphatic heterocycles. The highest BCUT2D eigenvalue weighted by molar-refractivity contribution is 8.00. The third-order valence-electron chi connectivity index (χ3n) is 3.90. The van der Waals surface area contributed by atoms with Crippen LogP contribution >= 0.6 is 23.1 Å². The van der Waals surface area contributed by atoms with Gasteiger partial charge in [-0.15, -0.1) is 11.3 Å². The number of fused-ring (bicyclic) bond motifs is 2. The number of nitrogens with zero attached hydrogens (tertiary/aromatic N) is 1. The summed E-state index contributed by atoms with van der Waals surface area (Å²) in [4.78, 5) is 16.7. The second-order valence-corrected chi connectivity index (χ2v) is 7.69. The Morgan fingerprint density at radius 3 is 3.00 bits per heavy atom. The molecule has 1 N–H and O–H groups in total. The van der Waals surface area contributed by atoms with Crippen molar-refractivity contribution in [3.8, 4) is 11.5 Å². The summed E-state index contributed by atoms with van der Waals surface area (Å²) in [6.07, 6.45) is 3.08. The van der Waals surface area contributed by atoms with E-state index in [1.54, 1.807) is 23.1 Å². The molecule has 1 aromatic heterocycles. The van der Waals surface area contributed by atoms with Gasteiger partial charge in [0.2, 0.25) is 12.7 Å². The minimum Gasteiger partial charge on any atom is -0.454 e. The zero-order valence-electron chi connectivity index (χ0n) is 13.6. The van der Waals surface area contributed by atoms with Crippen molar-refractivity contribution in [2.45, 2.75) is 17.2 Å². The molecule has 1 amide bonds. The minimum atomic E-state index is -0.00776. The average molecular weight is 372 g/mol. The number of rotatable bonds is 5. The van der Waals surface area contributed by atoms with Crippen molar-refractivity contribution in [1.82, 2.24) is 4.98 Å². The molecule has 2 heterocycles. The van der Waals surface area contributed by atoms with Crippen LogP contribution in [0.4, 0.5) is 5.69 Å². The van der Waals surface area contributed by atoms with Crippen molar-refractivity contribution in [3.05, 3.63) is 42.0 Å². The number of aromatic nitrogens is 1. The summed E-state index contributed by atoms with van der Waals surface area (Å²) in [6.45, 7) is 0.261. The van der Waals surface area contributed by atoms with E-state index in [-0.39, 0.29) is 12.7 Å². The topological polar surface area (TPSA) is 60.5 Å². The number of amides is 1. The number of nitrogens with one attached hydrogen (secondary N) is 1. The van der Waals surface area contributed by atoms with Gasteiger partial charge in [0.05, 0.1) is 10.2 Å². The van der Waals surface area contributed by atoms with E-state index in [1.165, 1.54) is 0 Å². The molecule has 0 saturated heterocycles. The first-order chi connectivity index (χ1) is 12.2. The monoisotopic (exact) mass is 372 g/mol. The Bertz CT molecular complexity index is 939. The van der Waals surface area contributed by atoms with Crippen molar-refractivity contribution in [2.75, 3.05) is 18.4 Å². The van der Waals surface area contributed by atoms with Crippen LogP contribution in [-0.2, 0) is 11.2 Å². The fraction of sp³-hybridized carbons (Fsp3) is 0.222. The highest BCUT2D eigenvalue weighted by Gasteiger charge is 2.14. The van der Waals surface area contributed by atoms with Gasteiger partial charge in [0.25, 0.3) is 0 Å². The van der Waals surface area contributed by atoms with Gasteiger partial charge in [0, 0.05) is 12.1 Å². The molecule has 7 heteroatoms. The molecule has 0 spiro atoms. The van der Waals surface area contributed by atoms with E-state index in [2.05, 4.69) is 10.3 Å². The molecule has 128 valence electrons. The van der Waals surface area contributed by atoms with Crippen molar-refractivity contribution < 1.29 is 14.3 Å². The smallest absolute Gasteiger partial charge is 0.231 e. The van der Waals surface area contributed by atoms with Gasteiger partial charge < -0.3 is 14.8 Å². The van der Waals surface area contributed by atoms with Gasteiger partial charge in [-0.25, -0.2) is 4.98 Å². The van der Waals surface area contributed by atoms with E-state index in [4.69, 9.17) is 9.47 Å². The van der Waals surface area contributed by atoms with Crippen LogP contribution in [0.5, 0.6) is 11.5 Å². The SMILES string of the molecule is CSc1nc2ccc(NC(=O)CCc3ccc4c(c3)OCO4)cc2s1. The van der Waals surface area contributed by atoms with Crippen LogP contribution in [0.2, 0.25) is 0 Å². The molecule has 1 aliphatic rings. The van der Waals surface area contributed by atoms with Gasteiger partial charge in [-0.2, -0.15) is 0 Å². The summed E-state index contributed by atoms with van der Waals surface area (Å²) >= 11 is 3.26. The largest absolute Gasteiger partial charge is 0.454 e. The number of hydrogen-bond acceptors (Lipinski definition) is 6. The van der Waals surface area contributed by atoms with Gasteiger partial charge in [0.15, 0.2) is 15.8 Å². The summed E-state index contributed by atoms with van der Waals surface area (Å²) in [7, 11) is 0. The number of ether oxygens (including phenoxy) is 2. The zero-order chi connectivity index (χ0) is 17.2. The fourth-order valence-electron chi connectivity index (χ4n) is 2.65. The Hall–Kier alpha value is -2.25. The maximum atomic E-state index is 12.2. The number of carbonyl (C=O) groups is 1. The van der Waals surface area contributed by atoms with Gasteiger partial charge in [-0.1, -0.05) is 17.8 Å². The second-order valence-electron chi connectivity index (χ2n) is 5.60. The van der Waals surface area contributed by atoms with Gasteiger partial charge in [0.1, 0.15) is 0 Å². The molecule has 0 bridgehead atoms. The lowest BCUT2D eigenvalue weighted by Gasteiger charge is -2.06. The van der Waals surface area contributed by atoms with Crippen LogP contribution in [0.3, 0.4) is 0 Å². The predicted molar refractivity (Wildman–Crippen MR) is 101 cm³/mol. The molecule has 0 unspecified atom stereocenters. The lowest BCUT2D eigenvalue weighted by atomic mass is 10.1. The molecule has 0 saturated carbocycles. The quantitative estimate of drug-likeness (QED) is 0.676. The number of thioether (sulfide) groups is 1. The molecule has 5 nitrogen and oxygen atoms in total. The van der Waals surface area contributed by atoms with Crippen molar-refractivity contribution in [2.24, 2.45) is 0 Å². The summed E-state index contributed by atoms with van der Waals surface area (Å²) in [6, 6.07) is 11.6. The minimum absolute atomic E-state index is 0.00776. The Morgan fingerprint density at radius 1 is 1.24 bits per heavy atom. The Kier molecular flexibility index (Phi) is 4.50. The molecule has 0 atom stereocenters. The maximum Gasteiger partial charge on any atom is 0.231 e. The molecular weight excluding hydrogens is 356 g/mol. The number of thiazole rings is 1. The first kappa shape index (κ1) is 16.2. The van der Waals surface area contributed by atoms with Gasteiger partial charge in [-0.05, 0) is 48.6 Å². The lowest BCUT2D eigenvalue weighted by Crippen LogP contribution is -2.12. The van der Waals surface area contributed by atoms with E-state index >= 15 is 0 Å². The second kappa shape index (κ2) is 6.93. The summed E-state index contributed by atoms with van der Waals surface area (Å²) < 4.78 is 12.8. The Labute approximate surface area is 153 Å². The zero-order valence-corrected chi connectivity index (χ0v) is 15.2. The lowest BCUT2D eigenvalue weighted by molar-refractivity contribution is -0.116. The summed E-state index contributed by atoms with van der Waals surface area (Å²) in [5.74, 6) is 1.50. The van der Waals surface area contributed by atoms with E-state index in [0.29, 0.717) is 12.8 Å². The average Bonchev–Trinajstić information content (AvgIpc) is 3.25. The summed E-state index contributed by atoms with van der Waals surface area (Å²) in [5.41, 5.74) is 2.83. The van der Waals surface area contributed by atoms with Crippen molar-refractivity contribution in [1.29, 1.82) is 0 Å². The molecule has 0 radical (unpaired) electrons. The highest BCUT2D eigenvalue weighted by atomic mass is 32.2. The third-order valence-corrected chi connectivity index (χ3v) is 5.91. The molecule has 2 aromatic carbocycles. The molecule has 0 fully saturated rings. The van der Waals surface area contributed by atoms with Crippen molar-refractivity contribution in [3.63, 3.8) is 0 Å². The van der Waals surface area contributed by atoms with E-state index < -0.39 is 0 Å². The first-order valence-corrected chi connectivity index (χ1v) is 9.88. The van der Waals surface area contributed by atoms with E-state index in [1.807, 2.05) is 42.7 Å². The van der Waals surface area contributed by atoms with Crippen LogP contribution < -0.4 is 14.8 Å². The number of anilines is 1. The van der Waals surface area contributed by atoms with Crippen LogP contribution in [0.25, 0.3) is 10.2 Å². The van der Waals surface area contributed by atoms with Crippen molar-refractivity contribution >= 4 is 44.9 Å². The maximum absolute atomic E-state index is 12.2. The third kappa shape index (κ3) is 3.57. The fourth-order valence-corrected chi connectivity index (χ4v) is 4.17. The first-order valence-electron chi connectivity index (χ1n) is 7.84. The molecule has 4 rings (SSSR count). The Morgan fingerprint density at radius 2 is 2.12 bits per heavy atom. The van der Waals surface area contributed by atoms with Crippen LogP contribution in [0, 0.1) is 0 Å². The number of benzene rings is 2. The number of aryl methyl sites for hydroxylation is 1. The number of carbonyl (C=O) groups excluding carboxylic acids is 1. The van der Waals surface area contributed by atoms with Gasteiger partial charge >= 0.3 is 0 Å². The molecule has 25 heavy (non-hydrogen) atoms. The highest BCUT2D eigenvalue weighted by Crippen LogP contribution is 2.33. The van der Waals surface area contributed by atoms with E-state index in [9.17, 15) is 4.79 Å². The molecule has 3 aromatic rings. The predicted octanol–water partition coefficient (Wildman–Crippen LogP) is 4.32. The summed E-state index contributed by atoms with van der Waals surface area (Å²) in [5, 5.41) is 2.96. The normalized spacial score (nSPS) is 12.5. The standard InChI is InChI=1S/C18H16N2O3S2/c1-24-18-20-13-5-4-12(9-16(13)25-18)19-17(21)7-3-11-2-6-14-15(8-11)23-10-22-14/h2,4-6,8-9H,3,7,10H2,1H3,(H,19,21). The Balaban J connectivity index is 1.38.